The monoisotopic (exact) mass is 393 g/mol. The summed E-state index contributed by atoms with van der Waals surface area (Å²) in [6, 6.07) is 16.4. The molecule has 0 aromatic heterocycles. The molecule has 1 aliphatic heterocycles. The zero-order valence-corrected chi connectivity index (χ0v) is 16.3. The third kappa shape index (κ3) is 4.34. The number of rotatable bonds is 4. The first-order valence-electron chi connectivity index (χ1n) is 8.58. The van der Waals surface area contributed by atoms with Gasteiger partial charge in [0.2, 0.25) is 10.0 Å². The Balaban J connectivity index is 1.81. The van der Waals surface area contributed by atoms with Gasteiger partial charge in [0.05, 0.1) is 16.8 Å². The molecule has 3 rings (SSSR count). The van der Waals surface area contributed by atoms with Crippen LogP contribution in [0.1, 0.15) is 28.4 Å². The summed E-state index contributed by atoms with van der Waals surface area (Å²) in [6.07, 6.45) is 0.277. The second-order valence-electron chi connectivity index (χ2n) is 6.70. The molecule has 1 fully saturated rings. The van der Waals surface area contributed by atoms with E-state index in [1.165, 1.54) is 4.31 Å². The Morgan fingerprint density at radius 3 is 2.46 bits per heavy atom. The predicted octanol–water partition coefficient (Wildman–Crippen LogP) is 2.69. The van der Waals surface area contributed by atoms with E-state index in [0.717, 1.165) is 16.7 Å². The molecule has 0 bridgehead atoms. The van der Waals surface area contributed by atoms with E-state index in [-0.39, 0.29) is 31.0 Å². The SMILES string of the molecule is Cc1cccc(CS(=O)(=O)N2CCC(c3ccccc3)S(=O)(=O)CC2)c1. The summed E-state index contributed by atoms with van der Waals surface area (Å²) < 4.78 is 52.3. The maximum Gasteiger partial charge on any atom is 0.218 e. The van der Waals surface area contributed by atoms with E-state index >= 15 is 0 Å². The number of sulfonamides is 1. The molecule has 0 radical (unpaired) electrons. The van der Waals surface area contributed by atoms with Crippen LogP contribution in [-0.4, -0.2) is 40.0 Å². The van der Waals surface area contributed by atoms with Crippen molar-refractivity contribution in [2.24, 2.45) is 0 Å². The van der Waals surface area contributed by atoms with Gasteiger partial charge in [-0.2, -0.15) is 0 Å². The number of aryl methyl sites for hydroxylation is 1. The van der Waals surface area contributed by atoms with Crippen LogP contribution in [0.15, 0.2) is 54.6 Å². The third-order valence-electron chi connectivity index (χ3n) is 4.70. The molecule has 1 aliphatic rings. The van der Waals surface area contributed by atoms with Crippen LogP contribution < -0.4 is 0 Å². The van der Waals surface area contributed by atoms with Crippen molar-refractivity contribution in [3.05, 3.63) is 71.3 Å². The highest BCUT2D eigenvalue weighted by Gasteiger charge is 2.34. The highest BCUT2D eigenvalue weighted by atomic mass is 32.2. The third-order valence-corrected chi connectivity index (χ3v) is 8.67. The van der Waals surface area contributed by atoms with Gasteiger partial charge < -0.3 is 0 Å². The molecule has 0 saturated carbocycles. The topological polar surface area (TPSA) is 71.5 Å². The van der Waals surface area contributed by atoms with Crippen molar-refractivity contribution in [3.63, 3.8) is 0 Å². The van der Waals surface area contributed by atoms with E-state index in [9.17, 15) is 16.8 Å². The van der Waals surface area contributed by atoms with Crippen molar-refractivity contribution in [3.8, 4) is 0 Å². The van der Waals surface area contributed by atoms with E-state index in [4.69, 9.17) is 0 Å². The minimum atomic E-state index is -3.56. The molecule has 1 heterocycles. The minimum absolute atomic E-state index is 0.0137. The lowest BCUT2D eigenvalue weighted by atomic mass is 10.1. The molecular weight excluding hydrogens is 370 g/mol. The van der Waals surface area contributed by atoms with Crippen molar-refractivity contribution >= 4 is 19.9 Å². The van der Waals surface area contributed by atoms with Crippen LogP contribution in [0.25, 0.3) is 0 Å². The molecule has 5 nitrogen and oxygen atoms in total. The summed E-state index contributed by atoms with van der Waals surface area (Å²) in [5, 5.41) is -0.650. The van der Waals surface area contributed by atoms with E-state index in [0.29, 0.717) is 0 Å². The summed E-state index contributed by atoms with van der Waals surface area (Å²) >= 11 is 0. The lowest BCUT2D eigenvalue weighted by Gasteiger charge is -2.20. The number of sulfone groups is 1. The molecule has 7 heteroatoms. The van der Waals surface area contributed by atoms with Crippen molar-refractivity contribution in [1.82, 2.24) is 4.31 Å². The van der Waals surface area contributed by atoms with Gasteiger partial charge in [0.1, 0.15) is 0 Å². The Morgan fingerprint density at radius 2 is 1.77 bits per heavy atom. The predicted molar refractivity (Wildman–Crippen MR) is 103 cm³/mol. The minimum Gasteiger partial charge on any atom is -0.228 e. The van der Waals surface area contributed by atoms with Crippen LogP contribution in [0.5, 0.6) is 0 Å². The molecule has 2 aromatic rings. The summed E-state index contributed by atoms with van der Waals surface area (Å²) in [5.41, 5.74) is 2.45. The van der Waals surface area contributed by atoms with Crippen molar-refractivity contribution in [2.45, 2.75) is 24.3 Å². The molecule has 2 aromatic carbocycles. The lowest BCUT2D eigenvalue weighted by molar-refractivity contribution is 0.427. The molecule has 0 amide bonds. The fourth-order valence-corrected chi connectivity index (χ4v) is 6.80. The molecule has 140 valence electrons. The van der Waals surface area contributed by atoms with E-state index in [2.05, 4.69) is 0 Å². The van der Waals surface area contributed by atoms with Crippen LogP contribution in [-0.2, 0) is 25.6 Å². The van der Waals surface area contributed by atoms with Crippen LogP contribution in [0, 0.1) is 6.92 Å². The second-order valence-corrected chi connectivity index (χ2v) is 11.0. The van der Waals surface area contributed by atoms with Crippen molar-refractivity contribution in [1.29, 1.82) is 0 Å². The van der Waals surface area contributed by atoms with Gasteiger partial charge in [-0.05, 0) is 24.5 Å². The number of nitrogens with zero attached hydrogens (tertiary/aromatic N) is 1. The first kappa shape index (κ1) is 19.1. The molecule has 0 spiro atoms. The normalized spacial score (nSPS) is 21.2. The Hall–Kier alpha value is -1.70. The number of hydrogen-bond acceptors (Lipinski definition) is 4. The van der Waals surface area contributed by atoms with Gasteiger partial charge in [-0.15, -0.1) is 0 Å². The van der Waals surface area contributed by atoms with Gasteiger partial charge in [-0.25, -0.2) is 21.1 Å². The standard InChI is InChI=1S/C19H23NO4S2/c1-16-6-5-7-17(14-16)15-26(23,24)20-11-10-19(25(21,22)13-12-20)18-8-3-2-4-9-18/h2-9,14,19H,10-13,15H2,1H3. The maximum atomic E-state index is 12.8. The van der Waals surface area contributed by atoms with E-state index in [1.807, 2.05) is 43.3 Å². The molecular formula is C19H23NO4S2. The fourth-order valence-electron chi connectivity index (χ4n) is 3.35. The largest absolute Gasteiger partial charge is 0.228 e. The molecule has 26 heavy (non-hydrogen) atoms. The highest BCUT2D eigenvalue weighted by molar-refractivity contribution is 7.91. The molecule has 1 unspecified atom stereocenters. The second kappa shape index (κ2) is 7.50. The Bertz CT molecular complexity index is 970. The average Bonchev–Trinajstić information content (AvgIpc) is 2.74. The Morgan fingerprint density at radius 1 is 1.04 bits per heavy atom. The Labute approximate surface area is 155 Å². The van der Waals surface area contributed by atoms with Gasteiger partial charge in [0.15, 0.2) is 9.84 Å². The quantitative estimate of drug-likeness (QED) is 0.801. The molecule has 0 aliphatic carbocycles. The molecule has 0 N–H and O–H groups in total. The van der Waals surface area contributed by atoms with Crippen molar-refractivity contribution in [2.75, 3.05) is 18.8 Å². The van der Waals surface area contributed by atoms with Gasteiger partial charge in [-0.1, -0.05) is 60.2 Å². The maximum absolute atomic E-state index is 12.8. The summed E-state index contributed by atoms with van der Waals surface area (Å²) in [5.74, 6) is -0.260. The number of benzene rings is 2. The average molecular weight is 394 g/mol. The number of hydrogen-bond donors (Lipinski definition) is 0. The van der Waals surface area contributed by atoms with Crippen LogP contribution >= 0.6 is 0 Å². The first-order chi connectivity index (χ1) is 12.3. The van der Waals surface area contributed by atoms with Gasteiger partial charge >= 0.3 is 0 Å². The summed E-state index contributed by atoms with van der Waals surface area (Å²) in [6.45, 7) is 2.14. The molecule has 1 saturated heterocycles. The fraction of sp³-hybridized carbons (Fsp3) is 0.368. The summed E-state index contributed by atoms with van der Waals surface area (Å²) in [4.78, 5) is 0. The Kier molecular flexibility index (Phi) is 5.50. The van der Waals surface area contributed by atoms with Gasteiger partial charge in [0, 0.05) is 13.1 Å². The van der Waals surface area contributed by atoms with Crippen LogP contribution in [0.3, 0.4) is 0 Å². The lowest BCUT2D eigenvalue weighted by Crippen LogP contribution is -2.34. The van der Waals surface area contributed by atoms with Crippen LogP contribution in [0.2, 0.25) is 0 Å². The van der Waals surface area contributed by atoms with E-state index < -0.39 is 25.1 Å². The van der Waals surface area contributed by atoms with E-state index in [1.54, 1.807) is 18.2 Å². The zero-order chi connectivity index (χ0) is 18.8. The highest BCUT2D eigenvalue weighted by Crippen LogP contribution is 2.30. The molecule has 1 atom stereocenters. The first-order valence-corrected chi connectivity index (χ1v) is 11.9. The van der Waals surface area contributed by atoms with Gasteiger partial charge in [-0.3, -0.25) is 0 Å². The summed E-state index contributed by atoms with van der Waals surface area (Å²) in [7, 11) is -6.96. The zero-order valence-electron chi connectivity index (χ0n) is 14.7. The van der Waals surface area contributed by atoms with Crippen LogP contribution in [0.4, 0.5) is 0 Å². The van der Waals surface area contributed by atoms with Gasteiger partial charge in [0.25, 0.3) is 0 Å². The van der Waals surface area contributed by atoms with Crippen molar-refractivity contribution < 1.29 is 16.8 Å². The smallest absolute Gasteiger partial charge is 0.218 e.